The van der Waals surface area contributed by atoms with Crippen LogP contribution in [0.25, 0.3) is 10.8 Å². The first-order valence-electron chi connectivity index (χ1n) is 9.08. The molecule has 140 valence electrons. The van der Waals surface area contributed by atoms with Crippen LogP contribution in [-0.4, -0.2) is 55.2 Å². The predicted molar refractivity (Wildman–Crippen MR) is 109 cm³/mol. The standard InChI is InChI=1S/C20H22N4O2S/c25-19(21-8-9-24-10-12-26-13-11-24)18-14-27-20(23-18)22-17-7-3-5-15-4-1-2-6-16(15)17/h1-7,14H,8-13H2,(H,21,25)(H,22,23). The lowest BCUT2D eigenvalue weighted by atomic mass is 10.1. The topological polar surface area (TPSA) is 66.5 Å². The van der Waals surface area contributed by atoms with E-state index in [-0.39, 0.29) is 5.91 Å². The van der Waals surface area contributed by atoms with Crippen molar-refractivity contribution in [2.75, 3.05) is 44.7 Å². The number of amides is 1. The molecule has 0 bridgehead atoms. The zero-order valence-corrected chi connectivity index (χ0v) is 15.8. The normalized spacial score (nSPS) is 15.0. The predicted octanol–water partition coefficient (Wildman–Crippen LogP) is 3.10. The lowest BCUT2D eigenvalue weighted by Crippen LogP contribution is -2.41. The smallest absolute Gasteiger partial charge is 0.270 e. The maximum Gasteiger partial charge on any atom is 0.270 e. The first-order chi connectivity index (χ1) is 13.3. The van der Waals surface area contributed by atoms with Crippen LogP contribution in [0.2, 0.25) is 0 Å². The van der Waals surface area contributed by atoms with Gasteiger partial charge in [0.1, 0.15) is 5.69 Å². The highest BCUT2D eigenvalue weighted by atomic mass is 32.1. The molecule has 0 saturated carbocycles. The number of rotatable bonds is 6. The molecule has 2 aromatic carbocycles. The second-order valence-corrected chi connectivity index (χ2v) is 7.26. The van der Waals surface area contributed by atoms with Gasteiger partial charge in [0.25, 0.3) is 5.91 Å². The van der Waals surface area contributed by atoms with E-state index in [9.17, 15) is 4.79 Å². The van der Waals surface area contributed by atoms with Crippen molar-refractivity contribution in [3.8, 4) is 0 Å². The SMILES string of the molecule is O=C(NCCN1CCOCC1)c1csc(Nc2cccc3ccccc23)n1. The average Bonchev–Trinajstić information content (AvgIpc) is 3.18. The monoisotopic (exact) mass is 382 g/mol. The highest BCUT2D eigenvalue weighted by Gasteiger charge is 2.13. The van der Waals surface area contributed by atoms with Crippen LogP contribution in [0, 0.1) is 0 Å². The number of carbonyl (C=O) groups is 1. The molecule has 0 radical (unpaired) electrons. The molecule has 3 aromatic rings. The summed E-state index contributed by atoms with van der Waals surface area (Å²) < 4.78 is 5.33. The number of nitrogens with one attached hydrogen (secondary N) is 2. The van der Waals surface area contributed by atoms with E-state index < -0.39 is 0 Å². The number of nitrogens with zero attached hydrogens (tertiary/aromatic N) is 2. The highest BCUT2D eigenvalue weighted by molar-refractivity contribution is 7.14. The lowest BCUT2D eigenvalue weighted by molar-refractivity contribution is 0.0383. The summed E-state index contributed by atoms with van der Waals surface area (Å²) in [7, 11) is 0. The third kappa shape index (κ3) is 4.44. The van der Waals surface area contributed by atoms with Gasteiger partial charge in [0, 0.05) is 42.6 Å². The number of morpholine rings is 1. The Morgan fingerprint density at radius 2 is 1.96 bits per heavy atom. The van der Waals surface area contributed by atoms with Crippen LogP contribution in [-0.2, 0) is 4.74 Å². The van der Waals surface area contributed by atoms with Crippen LogP contribution in [0.4, 0.5) is 10.8 Å². The minimum Gasteiger partial charge on any atom is -0.379 e. The maximum absolute atomic E-state index is 12.3. The zero-order valence-electron chi connectivity index (χ0n) is 15.0. The van der Waals surface area contributed by atoms with Crippen LogP contribution < -0.4 is 10.6 Å². The molecule has 1 aliphatic rings. The second-order valence-electron chi connectivity index (χ2n) is 6.40. The number of carbonyl (C=O) groups excluding carboxylic acids is 1. The molecule has 7 heteroatoms. The molecule has 0 spiro atoms. The summed E-state index contributed by atoms with van der Waals surface area (Å²) in [6, 6.07) is 14.3. The summed E-state index contributed by atoms with van der Waals surface area (Å²) in [5.41, 5.74) is 1.44. The van der Waals surface area contributed by atoms with E-state index in [2.05, 4.69) is 38.7 Å². The molecular weight excluding hydrogens is 360 g/mol. The number of benzene rings is 2. The third-order valence-electron chi connectivity index (χ3n) is 4.59. The van der Waals surface area contributed by atoms with Crippen molar-refractivity contribution in [3.05, 3.63) is 53.5 Å². The molecule has 0 atom stereocenters. The summed E-state index contributed by atoms with van der Waals surface area (Å²) in [5, 5.41) is 11.1. The summed E-state index contributed by atoms with van der Waals surface area (Å²) in [6.07, 6.45) is 0. The Hall–Kier alpha value is -2.48. The van der Waals surface area contributed by atoms with Gasteiger partial charge in [-0.2, -0.15) is 0 Å². The Morgan fingerprint density at radius 3 is 2.85 bits per heavy atom. The van der Waals surface area contributed by atoms with E-state index in [1.54, 1.807) is 5.38 Å². The van der Waals surface area contributed by atoms with Crippen molar-refractivity contribution in [2.24, 2.45) is 0 Å². The first kappa shape index (κ1) is 17.9. The Balaban J connectivity index is 1.35. The number of fused-ring (bicyclic) bond motifs is 1. The van der Waals surface area contributed by atoms with Crippen LogP contribution in [0.5, 0.6) is 0 Å². The minimum atomic E-state index is -0.134. The van der Waals surface area contributed by atoms with Crippen LogP contribution >= 0.6 is 11.3 Å². The zero-order chi connectivity index (χ0) is 18.5. The van der Waals surface area contributed by atoms with E-state index in [1.807, 2.05) is 24.3 Å². The molecule has 4 rings (SSSR count). The van der Waals surface area contributed by atoms with Gasteiger partial charge in [0.05, 0.1) is 13.2 Å². The number of hydrogen-bond donors (Lipinski definition) is 2. The van der Waals surface area contributed by atoms with E-state index in [0.717, 1.165) is 43.9 Å². The Morgan fingerprint density at radius 1 is 1.15 bits per heavy atom. The van der Waals surface area contributed by atoms with Crippen LogP contribution in [0.1, 0.15) is 10.5 Å². The van der Waals surface area contributed by atoms with Gasteiger partial charge in [0.15, 0.2) is 5.13 Å². The molecule has 1 saturated heterocycles. The van der Waals surface area contributed by atoms with Gasteiger partial charge in [-0.3, -0.25) is 9.69 Å². The molecule has 1 aliphatic heterocycles. The van der Waals surface area contributed by atoms with E-state index in [4.69, 9.17) is 4.74 Å². The summed E-state index contributed by atoms with van der Waals surface area (Å²) in [5.74, 6) is -0.134. The van der Waals surface area contributed by atoms with E-state index in [1.165, 1.54) is 16.7 Å². The molecule has 0 unspecified atom stereocenters. The molecule has 0 aliphatic carbocycles. The molecule has 6 nitrogen and oxygen atoms in total. The van der Waals surface area contributed by atoms with Crippen molar-refractivity contribution in [2.45, 2.75) is 0 Å². The Kier molecular flexibility index (Phi) is 5.62. The van der Waals surface area contributed by atoms with Gasteiger partial charge in [-0.15, -0.1) is 11.3 Å². The highest BCUT2D eigenvalue weighted by Crippen LogP contribution is 2.27. The minimum absolute atomic E-state index is 0.134. The van der Waals surface area contributed by atoms with Crippen molar-refractivity contribution in [3.63, 3.8) is 0 Å². The van der Waals surface area contributed by atoms with Crippen LogP contribution in [0.3, 0.4) is 0 Å². The summed E-state index contributed by atoms with van der Waals surface area (Å²) in [6.45, 7) is 4.83. The number of ether oxygens (including phenoxy) is 1. The molecule has 1 amide bonds. The lowest BCUT2D eigenvalue weighted by Gasteiger charge is -2.26. The Labute approximate surface area is 162 Å². The molecule has 1 fully saturated rings. The fourth-order valence-electron chi connectivity index (χ4n) is 3.13. The van der Waals surface area contributed by atoms with E-state index in [0.29, 0.717) is 17.4 Å². The van der Waals surface area contributed by atoms with Gasteiger partial charge in [-0.05, 0) is 11.5 Å². The quantitative estimate of drug-likeness (QED) is 0.686. The van der Waals surface area contributed by atoms with Crippen molar-refractivity contribution >= 4 is 38.8 Å². The van der Waals surface area contributed by atoms with Crippen molar-refractivity contribution < 1.29 is 9.53 Å². The number of anilines is 2. The van der Waals surface area contributed by atoms with E-state index >= 15 is 0 Å². The fraction of sp³-hybridized carbons (Fsp3) is 0.300. The van der Waals surface area contributed by atoms with Crippen molar-refractivity contribution in [1.29, 1.82) is 0 Å². The van der Waals surface area contributed by atoms with Gasteiger partial charge >= 0.3 is 0 Å². The van der Waals surface area contributed by atoms with Gasteiger partial charge < -0.3 is 15.4 Å². The number of hydrogen-bond acceptors (Lipinski definition) is 6. The second kappa shape index (κ2) is 8.47. The first-order valence-corrected chi connectivity index (χ1v) is 9.96. The Bertz CT molecular complexity index is 916. The summed E-state index contributed by atoms with van der Waals surface area (Å²) >= 11 is 1.43. The fourth-order valence-corrected chi connectivity index (χ4v) is 3.83. The summed E-state index contributed by atoms with van der Waals surface area (Å²) in [4.78, 5) is 19.1. The van der Waals surface area contributed by atoms with Gasteiger partial charge in [-0.25, -0.2) is 4.98 Å². The third-order valence-corrected chi connectivity index (χ3v) is 5.34. The van der Waals surface area contributed by atoms with Gasteiger partial charge in [-0.1, -0.05) is 36.4 Å². The molecule has 2 heterocycles. The number of thiazole rings is 1. The molecular formula is C20H22N4O2S. The number of aromatic nitrogens is 1. The van der Waals surface area contributed by atoms with Crippen LogP contribution in [0.15, 0.2) is 47.8 Å². The molecule has 1 aromatic heterocycles. The average molecular weight is 382 g/mol. The largest absolute Gasteiger partial charge is 0.379 e. The maximum atomic E-state index is 12.3. The van der Waals surface area contributed by atoms with Crippen molar-refractivity contribution in [1.82, 2.24) is 15.2 Å². The molecule has 27 heavy (non-hydrogen) atoms. The molecule has 2 N–H and O–H groups in total. The van der Waals surface area contributed by atoms with Gasteiger partial charge in [0.2, 0.25) is 0 Å².